The minimum atomic E-state index is -0.0758. The summed E-state index contributed by atoms with van der Waals surface area (Å²) in [5, 5.41) is 15.1. The molecule has 3 N–H and O–H groups in total. The summed E-state index contributed by atoms with van der Waals surface area (Å²) in [6.45, 7) is 0.470. The smallest absolute Gasteiger partial charge is 0.252 e. The number of para-hydroxylation sites is 1. The second kappa shape index (κ2) is 8.53. The number of carbonyl (C=O) groups excluding carboxylic acids is 1. The minimum Gasteiger partial charge on any atom is -0.348 e. The molecule has 1 aliphatic rings. The lowest BCUT2D eigenvalue weighted by molar-refractivity contribution is 0.0930. The third-order valence-corrected chi connectivity index (χ3v) is 5.85. The van der Waals surface area contributed by atoms with Gasteiger partial charge in [-0.1, -0.05) is 30.3 Å². The van der Waals surface area contributed by atoms with Crippen molar-refractivity contribution in [3.8, 4) is 5.69 Å². The molecule has 0 aliphatic heterocycles. The minimum absolute atomic E-state index is 0.0518. The molecule has 144 valence electrons. The molecular weight excluding hydrogens is 372 g/mol. The lowest BCUT2D eigenvalue weighted by Gasteiger charge is -2.17. The zero-order chi connectivity index (χ0) is 19.3. The summed E-state index contributed by atoms with van der Waals surface area (Å²) in [4.78, 5) is 13.7. The van der Waals surface area contributed by atoms with Crippen LogP contribution >= 0.6 is 11.8 Å². The highest BCUT2D eigenvalue weighted by molar-refractivity contribution is 7.98. The summed E-state index contributed by atoms with van der Waals surface area (Å²) in [5.41, 5.74) is 7.39. The average Bonchev–Trinajstić information content (AvgIpc) is 3.48. The highest BCUT2D eigenvalue weighted by Crippen LogP contribution is 2.33. The lowest BCUT2D eigenvalue weighted by Crippen LogP contribution is -2.41. The first kappa shape index (κ1) is 18.6. The van der Waals surface area contributed by atoms with Crippen LogP contribution in [0.15, 0.2) is 59.5 Å². The maximum atomic E-state index is 12.8. The van der Waals surface area contributed by atoms with Crippen molar-refractivity contribution in [3.63, 3.8) is 0 Å². The fraction of sp³-hybridized carbons (Fsp3) is 0.300. The number of carbonyl (C=O) groups is 1. The molecule has 1 amide bonds. The molecule has 7 nitrogen and oxygen atoms in total. The first-order valence-electron chi connectivity index (χ1n) is 9.31. The van der Waals surface area contributed by atoms with Gasteiger partial charge in [-0.05, 0) is 53.5 Å². The van der Waals surface area contributed by atoms with E-state index >= 15 is 0 Å². The van der Waals surface area contributed by atoms with Gasteiger partial charge in [0, 0.05) is 17.5 Å². The van der Waals surface area contributed by atoms with Crippen molar-refractivity contribution >= 4 is 17.7 Å². The summed E-state index contributed by atoms with van der Waals surface area (Å²) in [6, 6.07) is 17.4. The molecule has 1 aliphatic carbocycles. The molecule has 0 radical (unpaired) electrons. The topological polar surface area (TPSA) is 98.7 Å². The van der Waals surface area contributed by atoms with E-state index in [0.717, 1.165) is 29.2 Å². The summed E-state index contributed by atoms with van der Waals surface area (Å²) in [7, 11) is 0. The van der Waals surface area contributed by atoms with Gasteiger partial charge in [-0.2, -0.15) is 4.68 Å². The third kappa shape index (κ3) is 4.23. The second-order valence-corrected chi connectivity index (χ2v) is 7.80. The van der Waals surface area contributed by atoms with Gasteiger partial charge in [0.2, 0.25) is 0 Å². The van der Waals surface area contributed by atoms with E-state index in [1.807, 2.05) is 54.6 Å². The van der Waals surface area contributed by atoms with Gasteiger partial charge in [0.1, 0.15) is 0 Å². The second-order valence-electron chi connectivity index (χ2n) is 6.78. The SMILES string of the molecule is NCC(NC(=O)c1ccccc1SCc1nnnn1-c1ccccc1)C1CC1. The van der Waals surface area contributed by atoms with Crippen molar-refractivity contribution in [1.82, 2.24) is 25.5 Å². The van der Waals surface area contributed by atoms with Gasteiger partial charge in [0.15, 0.2) is 5.82 Å². The molecule has 1 heterocycles. The van der Waals surface area contributed by atoms with Crippen LogP contribution in [0.5, 0.6) is 0 Å². The number of hydrogen-bond donors (Lipinski definition) is 2. The number of tetrazole rings is 1. The van der Waals surface area contributed by atoms with Gasteiger partial charge in [0.25, 0.3) is 5.91 Å². The van der Waals surface area contributed by atoms with Crippen LogP contribution in [0.4, 0.5) is 0 Å². The number of benzene rings is 2. The van der Waals surface area contributed by atoms with E-state index in [0.29, 0.717) is 23.8 Å². The Labute approximate surface area is 167 Å². The molecule has 1 unspecified atom stereocenters. The quantitative estimate of drug-likeness (QED) is 0.569. The molecule has 3 aromatic rings. The first-order chi connectivity index (χ1) is 13.8. The predicted octanol–water partition coefficient (Wildman–Crippen LogP) is 2.42. The Morgan fingerprint density at radius 1 is 1.18 bits per heavy atom. The highest BCUT2D eigenvalue weighted by Gasteiger charge is 2.31. The van der Waals surface area contributed by atoms with Crippen LogP contribution < -0.4 is 11.1 Å². The average molecular weight is 395 g/mol. The van der Waals surface area contributed by atoms with Gasteiger partial charge in [-0.25, -0.2) is 0 Å². The van der Waals surface area contributed by atoms with E-state index in [1.54, 1.807) is 16.4 Å². The number of nitrogens with two attached hydrogens (primary N) is 1. The molecule has 2 aromatic carbocycles. The van der Waals surface area contributed by atoms with Gasteiger partial charge >= 0.3 is 0 Å². The third-order valence-electron chi connectivity index (χ3n) is 4.78. The number of nitrogens with zero attached hydrogens (tertiary/aromatic N) is 4. The zero-order valence-corrected chi connectivity index (χ0v) is 16.2. The van der Waals surface area contributed by atoms with Crippen LogP contribution in [0.2, 0.25) is 0 Å². The van der Waals surface area contributed by atoms with E-state index in [1.165, 1.54) is 0 Å². The Balaban J connectivity index is 1.48. The van der Waals surface area contributed by atoms with E-state index in [4.69, 9.17) is 5.73 Å². The predicted molar refractivity (Wildman–Crippen MR) is 108 cm³/mol. The Kier molecular flexibility index (Phi) is 5.68. The fourth-order valence-electron chi connectivity index (χ4n) is 3.10. The molecule has 1 atom stereocenters. The standard InChI is InChI=1S/C20H22N6OS/c21-12-17(14-10-11-14)22-20(27)16-8-4-5-9-18(16)28-13-19-23-24-25-26(19)15-6-2-1-3-7-15/h1-9,14,17H,10-13,21H2,(H,22,27). The van der Waals surface area contributed by atoms with Crippen LogP contribution in [0, 0.1) is 5.92 Å². The summed E-state index contributed by atoms with van der Waals surface area (Å²) >= 11 is 1.55. The monoisotopic (exact) mass is 394 g/mol. The number of thioether (sulfide) groups is 1. The zero-order valence-electron chi connectivity index (χ0n) is 15.4. The van der Waals surface area contributed by atoms with E-state index in [2.05, 4.69) is 20.8 Å². The molecule has 1 fully saturated rings. The van der Waals surface area contributed by atoms with E-state index in [9.17, 15) is 4.79 Å². The largest absolute Gasteiger partial charge is 0.348 e. The van der Waals surface area contributed by atoms with Gasteiger partial charge < -0.3 is 11.1 Å². The lowest BCUT2D eigenvalue weighted by atomic mass is 10.1. The number of amides is 1. The van der Waals surface area contributed by atoms with Crippen molar-refractivity contribution in [1.29, 1.82) is 0 Å². The van der Waals surface area contributed by atoms with Crippen molar-refractivity contribution in [2.45, 2.75) is 29.5 Å². The Hall–Kier alpha value is -2.71. The van der Waals surface area contributed by atoms with Crippen molar-refractivity contribution < 1.29 is 4.79 Å². The normalized spacial score (nSPS) is 14.6. The highest BCUT2D eigenvalue weighted by atomic mass is 32.2. The van der Waals surface area contributed by atoms with Crippen LogP contribution in [-0.2, 0) is 5.75 Å². The van der Waals surface area contributed by atoms with Gasteiger partial charge in [0.05, 0.1) is 17.0 Å². The molecule has 28 heavy (non-hydrogen) atoms. The molecule has 1 aromatic heterocycles. The first-order valence-corrected chi connectivity index (χ1v) is 10.3. The molecule has 0 spiro atoms. The van der Waals surface area contributed by atoms with Crippen LogP contribution in [0.1, 0.15) is 29.0 Å². The van der Waals surface area contributed by atoms with E-state index in [-0.39, 0.29) is 11.9 Å². The van der Waals surface area contributed by atoms with Crippen LogP contribution in [-0.4, -0.2) is 38.7 Å². The molecular formula is C20H22N6OS. The number of nitrogens with one attached hydrogen (secondary N) is 1. The summed E-state index contributed by atoms with van der Waals surface area (Å²) in [6.07, 6.45) is 2.28. The Morgan fingerprint density at radius 2 is 1.93 bits per heavy atom. The molecule has 4 rings (SSSR count). The van der Waals surface area contributed by atoms with Gasteiger partial charge in [-0.15, -0.1) is 16.9 Å². The number of hydrogen-bond acceptors (Lipinski definition) is 6. The van der Waals surface area contributed by atoms with Gasteiger partial charge in [-0.3, -0.25) is 4.79 Å². The van der Waals surface area contributed by atoms with E-state index < -0.39 is 0 Å². The molecule has 0 saturated heterocycles. The van der Waals surface area contributed by atoms with Crippen molar-refractivity contribution in [2.75, 3.05) is 6.54 Å². The maximum absolute atomic E-state index is 12.8. The Bertz CT molecular complexity index is 941. The summed E-state index contributed by atoms with van der Waals surface area (Å²) < 4.78 is 1.72. The number of aromatic nitrogens is 4. The molecule has 8 heteroatoms. The fourth-order valence-corrected chi connectivity index (χ4v) is 4.06. The Morgan fingerprint density at radius 3 is 2.68 bits per heavy atom. The number of rotatable bonds is 8. The molecule has 0 bridgehead atoms. The molecule has 1 saturated carbocycles. The maximum Gasteiger partial charge on any atom is 0.252 e. The van der Waals surface area contributed by atoms with Crippen LogP contribution in [0.25, 0.3) is 5.69 Å². The van der Waals surface area contributed by atoms with Crippen molar-refractivity contribution in [2.24, 2.45) is 11.7 Å². The van der Waals surface area contributed by atoms with Crippen molar-refractivity contribution in [3.05, 3.63) is 66.0 Å². The van der Waals surface area contributed by atoms with Crippen LogP contribution in [0.3, 0.4) is 0 Å². The summed E-state index contributed by atoms with van der Waals surface area (Å²) in [5.74, 6) is 1.72.